The van der Waals surface area contributed by atoms with E-state index in [1.54, 1.807) is 4.90 Å². The van der Waals surface area contributed by atoms with Crippen molar-refractivity contribution in [2.75, 3.05) is 26.2 Å². The molecule has 0 saturated carbocycles. The smallest absolute Gasteiger partial charge is 0.387 e. The van der Waals surface area contributed by atoms with Crippen molar-refractivity contribution in [3.8, 4) is 5.75 Å². The Bertz CT molecular complexity index is 742. The van der Waals surface area contributed by atoms with E-state index in [-0.39, 0.29) is 11.7 Å². The van der Waals surface area contributed by atoms with E-state index in [9.17, 15) is 13.6 Å². The number of piperazine rings is 1. The molecule has 6 heteroatoms. The first kappa shape index (κ1) is 18.3. The van der Waals surface area contributed by atoms with Crippen LogP contribution in [0.1, 0.15) is 21.5 Å². The van der Waals surface area contributed by atoms with Crippen LogP contribution in [0.3, 0.4) is 0 Å². The summed E-state index contributed by atoms with van der Waals surface area (Å²) < 4.78 is 28.7. The number of amides is 1. The second-order valence-corrected chi connectivity index (χ2v) is 6.40. The lowest BCUT2D eigenvalue weighted by Crippen LogP contribution is -2.48. The SMILES string of the molecule is Cc1ccccc1CN1CCN(C(=O)c2ccc(OC(F)F)cc2)CC1. The number of hydrogen-bond acceptors (Lipinski definition) is 3. The Morgan fingerprint density at radius 2 is 1.69 bits per heavy atom. The van der Waals surface area contributed by atoms with E-state index in [0.29, 0.717) is 18.7 Å². The highest BCUT2D eigenvalue weighted by molar-refractivity contribution is 5.94. The van der Waals surface area contributed by atoms with Crippen molar-refractivity contribution in [3.05, 3.63) is 65.2 Å². The Morgan fingerprint density at radius 3 is 2.31 bits per heavy atom. The number of rotatable bonds is 5. The van der Waals surface area contributed by atoms with Gasteiger partial charge in [-0.3, -0.25) is 9.69 Å². The van der Waals surface area contributed by atoms with Gasteiger partial charge in [-0.15, -0.1) is 0 Å². The molecule has 1 amide bonds. The fourth-order valence-corrected chi connectivity index (χ4v) is 3.10. The van der Waals surface area contributed by atoms with Crippen LogP contribution in [0.4, 0.5) is 8.78 Å². The largest absolute Gasteiger partial charge is 0.435 e. The van der Waals surface area contributed by atoms with Gasteiger partial charge in [0, 0.05) is 38.3 Å². The van der Waals surface area contributed by atoms with Crippen molar-refractivity contribution in [1.82, 2.24) is 9.80 Å². The first-order valence-electron chi connectivity index (χ1n) is 8.64. The van der Waals surface area contributed by atoms with Gasteiger partial charge in [-0.25, -0.2) is 0 Å². The molecule has 138 valence electrons. The predicted octanol–water partition coefficient (Wildman–Crippen LogP) is 3.55. The van der Waals surface area contributed by atoms with Gasteiger partial charge in [0.25, 0.3) is 5.91 Å². The van der Waals surface area contributed by atoms with Gasteiger partial charge in [0.15, 0.2) is 0 Å². The maximum absolute atomic E-state index is 12.6. The van der Waals surface area contributed by atoms with Crippen molar-refractivity contribution in [2.45, 2.75) is 20.1 Å². The van der Waals surface area contributed by atoms with Crippen LogP contribution in [-0.4, -0.2) is 48.5 Å². The molecule has 0 aromatic heterocycles. The zero-order chi connectivity index (χ0) is 18.5. The van der Waals surface area contributed by atoms with Gasteiger partial charge in [0.05, 0.1) is 0 Å². The molecule has 26 heavy (non-hydrogen) atoms. The minimum Gasteiger partial charge on any atom is -0.435 e. The van der Waals surface area contributed by atoms with Crippen LogP contribution >= 0.6 is 0 Å². The molecule has 0 atom stereocenters. The van der Waals surface area contributed by atoms with E-state index in [0.717, 1.165) is 19.6 Å². The molecule has 1 heterocycles. The first-order chi connectivity index (χ1) is 12.5. The van der Waals surface area contributed by atoms with Crippen LogP contribution in [-0.2, 0) is 6.54 Å². The predicted molar refractivity (Wildman–Crippen MR) is 95.4 cm³/mol. The lowest BCUT2D eigenvalue weighted by atomic mass is 10.1. The van der Waals surface area contributed by atoms with Gasteiger partial charge in [-0.1, -0.05) is 24.3 Å². The topological polar surface area (TPSA) is 32.8 Å². The lowest BCUT2D eigenvalue weighted by molar-refractivity contribution is -0.0498. The standard InChI is InChI=1S/C20H22F2N2O2/c1-15-4-2-3-5-17(15)14-23-10-12-24(13-11-23)19(25)16-6-8-18(9-7-16)26-20(21)22/h2-9,20H,10-14H2,1H3. The molecule has 1 saturated heterocycles. The van der Waals surface area contributed by atoms with Crippen molar-refractivity contribution in [2.24, 2.45) is 0 Å². The van der Waals surface area contributed by atoms with E-state index in [1.807, 2.05) is 12.1 Å². The monoisotopic (exact) mass is 360 g/mol. The zero-order valence-corrected chi connectivity index (χ0v) is 14.7. The Kier molecular flexibility index (Phi) is 5.83. The minimum atomic E-state index is -2.86. The molecule has 1 fully saturated rings. The highest BCUT2D eigenvalue weighted by Crippen LogP contribution is 2.18. The quantitative estimate of drug-likeness (QED) is 0.817. The van der Waals surface area contributed by atoms with E-state index in [1.165, 1.54) is 35.4 Å². The zero-order valence-electron chi connectivity index (χ0n) is 14.7. The van der Waals surface area contributed by atoms with E-state index >= 15 is 0 Å². The van der Waals surface area contributed by atoms with E-state index in [2.05, 4.69) is 28.7 Å². The summed E-state index contributed by atoms with van der Waals surface area (Å²) in [5.74, 6) is -0.0243. The fourth-order valence-electron chi connectivity index (χ4n) is 3.10. The fraction of sp³-hybridized carbons (Fsp3) is 0.350. The van der Waals surface area contributed by atoms with Crippen molar-refractivity contribution < 1.29 is 18.3 Å². The summed E-state index contributed by atoms with van der Waals surface area (Å²) >= 11 is 0. The summed E-state index contributed by atoms with van der Waals surface area (Å²) in [7, 11) is 0. The van der Waals surface area contributed by atoms with Crippen molar-refractivity contribution >= 4 is 5.91 Å². The molecular formula is C20H22F2N2O2. The molecule has 2 aromatic carbocycles. The molecule has 0 N–H and O–H groups in total. The number of benzene rings is 2. The van der Waals surface area contributed by atoms with E-state index < -0.39 is 6.61 Å². The molecule has 0 unspecified atom stereocenters. The second-order valence-electron chi connectivity index (χ2n) is 6.40. The van der Waals surface area contributed by atoms with Gasteiger partial charge in [0.1, 0.15) is 5.75 Å². The summed E-state index contributed by atoms with van der Waals surface area (Å²) in [5.41, 5.74) is 3.07. The normalized spacial score (nSPS) is 15.3. The molecule has 3 rings (SSSR count). The number of hydrogen-bond donors (Lipinski definition) is 0. The number of alkyl halides is 2. The summed E-state index contributed by atoms with van der Waals surface area (Å²) in [6, 6.07) is 14.2. The summed E-state index contributed by atoms with van der Waals surface area (Å²) in [5, 5.41) is 0. The number of aryl methyl sites for hydroxylation is 1. The molecule has 4 nitrogen and oxygen atoms in total. The highest BCUT2D eigenvalue weighted by Gasteiger charge is 2.22. The Hall–Kier alpha value is -2.47. The first-order valence-corrected chi connectivity index (χ1v) is 8.64. The van der Waals surface area contributed by atoms with Crippen LogP contribution in [0.5, 0.6) is 5.75 Å². The van der Waals surface area contributed by atoms with Crippen LogP contribution in [0.2, 0.25) is 0 Å². The number of carbonyl (C=O) groups is 1. The Morgan fingerprint density at radius 1 is 1.04 bits per heavy atom. The van der Waals surface area contributed by atoms with Crippen molar-refractivity contribution in [1.29, 1.82) is 0 Å². The van der Waals surface area contributed by atoms with Gasteiger partial charge >= 0.3 is 6.61 Å². The molecule has 1 aliphatic heterocycles. The molecular weight excluding hydrogens is 338 g/mol. The van der Waals surface area contributed by atoms with Crippen LogP contribution in [0.25, 0.3) is 0 Å². The van der Waals surface area contributed by atoms with Crippen molar-refractivity contribution in [3.63, 3.8) is 0 Å². The van der Waals surface area contributed by atoms with Gasteiger partial charge in [-0.2, -0.15) is 8.78 Å². The summed E-state index contributed by atoms with van der Waals surface area (Å²) in [6.07, 6.45) is 0. The van der Waals surface area contributed by atoms with Crippen LogP contribution in [0.15, 0.2) is 48.5 Å². The molecule has 0 bridgehead atoms. The molecule has 0 radical (unpaired) electrons. The lowest BCUT2D eigenvalue weighted by Gasteiger charge is -2.35. The highest BCUT2D eigenvalue weighted by atomic mass is 19.3. The maximum Gasteiger partial charge on any atom is 0.387 e. The summed E-state index contributed by atoms with van der Waals surface area (Å²) in [6.45, 7) is 3.06. The number of ether oxygens (including phenoxy) is 1. The third-order valence-corrected chi connectivity index (χ3v) is 4.64. The average molecular weight is 360 g/mol. The summed E-state index contributed by atoms with van der Waals surface area (Å²) in [4.78, 5) is 16.7. The maximum atomic E-state index is 12.6. The second kappa shape index (κ2) is 8.27. The minimum absolute atomic E-state index is 0.0552. The third-order valence-electron chi connectivity index (χ3n) is 4.64. The van der Waals surface area contributed by atoms with E-state index in [4.69, 9.17) is 0 Å². The average Bonchev–Trinajstić information content (AvgIpc) is 2.64. The molecule has 0 spiro atoms. The number of nitrogens with zero attached hydrogens (tertiary/aromatic N) is 2. The van der Waals surface area contributed by atoms with Crippen LogP contribution in [0, 0.1) is 6.92 Å². The number of carbonyl (C=O) groups excluding carboxylic acids is 1. The Labute approximate surface area is 152 Å². The van der Waals surface area contributed by atoms with Crippen LogP contribution < -0.4 is 4.74 Å². The number of halogens is 2. The molecule has 2 aromatic rings. The Balaban J connectivity index is 1.54. The molecule has 1 aliphatic rings. The molecule has 0 aliphatic carbocycles. The van der Waals surface area contributed by atoms with Gasteiger partial charge in [0.2, 0.25) is 0 Å². The van der Waals surface area contributed by atoms with Gasteiger partial charge in [-0.05, 0) is 42.3 Å². The van der Waals surface area contributed by atoms with Gasteiger partial charge < -0.3 is 9.64 Å². The third kappa shape index (κ3) is 4.58.